The Morgan fingerprint density at radius 1 is 0.893 bits per heavy atom. The molecule has 0 aromatic heterocycles. The van der Waals surface area contributed by atoms with Crippen LogP contribution in [0.15, 0.2) is 77.7 Å². The predicted molar refractivity (Wildman–Crippen MR) is 110 cm³/mol. The zero-order valence-electron chi connectivity index (χ0n) is 15.6. The van der Waals surface area contributed by atoms with E-state index < -0.39 is 16.2 Å². The van der Waals surface area contributed by atoms with Crippen LogP contribution < -0.4 is 19.5 Å². The van der Waals surface area contributed by atoms with Crippen LogP contribution in [0.1, 0.15) is 11.6 Å². The smallest absolute Gasteiger partial charge is 0.201 e. The molecule has 0 amide bonds. The van der Waals surface area contributed by atoms with Crippen molar-refractivity contribution in [2.24, 2.45) is 0 Å². The molecule has 144 valence electrons. The first-order valence-electron chi connectivity index (χ1n) is 8.90. The molecule has 28 heavy (non-hydrogen) atoms. The van der Waals surface area contributed by atoms with Crippen LogP contribution in [-0.4, -0.2) is 23.9 Å². The van der Waals surface area contributed by atoms with Gasteiger partial charge in [-0.25, -0.2) is 0 Å². The van der Waals surface area contributed by atoms with E-state index in [-0.39, 0.29) is 6.04 Å². The molecule has 0 aliphatic carbocycles. The minimum absolute atomic E-state index is 0.312. The number of anilines is 1. The predicted octanol–water partition coefficient (Wildman–Crippen LogP) is 4.38. The number of ether oxygens (including phenoxy) is 3. The number of benzene rings is 3. The molecule has 0 spiro atoms. The highest BCUT2D eigenvalue weighted by molar-refractivity contribution is 7.86. The maximum absolute atomic E-state index is 13.1. The second-order valence-electron chi connectivity index (χ2n) is 6.35. The third-order valence-corrected chi connectivity index (χ3v) is 6.24. The summed E-state index contributed by atoms with van der Waals surface area (Å²) in [6.07, 6.45) is 0. The molecule has 1 N–H and O–H groups in total. The van der Waals surface area contributed by atoms with E-state index in [1.54, 1.807) is 14.2 Å². The Balaban J connectivity index is 1.67. The first-order chi connectivity index (χ1) is 13.7. The van der Waals surface area contributed by atoms with Gasteiger partial charge in [0.05, 0.1) is 19.1 Å². The maximum atomic E-state index is 13.1. The van der Waals surface area contributed by atoms with Crippen molar-refractivity contribution in [2.45, 2.75) is 16.4 Å². The lowest BCUT2D eigenvalue weighted by Gasteiger charge is -2.25. The van der Waals surface area contributed by atoms with E-state index in [1.165, 1.54) is 0 Å². The highest BCUT2D eigenvalue weighted by Crippen LogP contribution is 2.39. The number of hydrogen-bond donors (Lipinski definition) is 1. The lowest BCUT2D eigenvalue weighted by molar-refractivity contribution is 0.267. The summed E-state index contributed by atoms with van der Waals surface area (Å²) in [6.45, 7) is 0. The fourth-order valence-electron chi connectivity index (χ4n) is 3.19. The molecule has 3 aromatic rings. The summed E-state index contributed by atoms with van der Waals surface area (Å²) in [5.41, 5.74) is 1.30. The van der Waals surface area contributed by atoms with Crippen LogP contribution in [-0.2, 0) is 10.8 Å². The van der Waals surface area contributed by atoms with Crippen molar-refractivity contribution < 1.29 is 18.4 Å². The van der Waals surface area contributed by atoms with Crippen LogP contribution in [0.25, 0.3) is 0 Å². The summed E-state index contributed by atoms with van der Waals surface area (Å²) in [5, 5.41) is 3.48. The molecule has 0 radical (unpaired) electrons. The van der Waals surface area contributed by atoms with Crippen LogP contribution in [0.4, 0.5) is 5.69 Å². The monoisotopic (exact) mass is 395 g/mol. The van der Waals surface area contributed by atoms with Crippen molar-refractivity contribution in [3.8, 4) is 17.2 Å². The third kappa shape index (κ3) is 3.55. The number of methoxy groups -OCH3 is 2. The van der Waals surface area contributed by atoms with E-state index in [0.29, 0.717) is 5.75 Å². The maximum Gasteiger partial charge on any atom is 0.201 e. The topological polar surface area (TPSA) is 56.8 Å². The Kier molecular flexibility index (Phi) is 5.21. The van der Waals surface area contributed by atoms with Gasteiger partial charge in [-0.15, -0.1) is 0 Å². The Morgan fingerprint density at radius 2 is 1.50 bits per heavy atom. The van der Waals surface area contributed by atoms with Gasteiger partial charge in [0.1, 0.15) is 34.1 Å². The van der Waals surface area contributed by atoms with Crippen molar-refractivity contribution in [1.29, 1.82) is 0 Å². The van der Waals surface area contributed by atoms with Gasteiger partial charge in [-0.1, -0.05) is 24.3 Å². The molecule has 6 heteroatoms. The summed E-state index contributed by atoms with van der Waals surface area (Å²) in [7, 11) is 1.97. The average Bonchev–Trinajstić information content (AvgIpc) is 3.09. The van der Waals surface area contributed by atoms with E-state index in [2.05, 4.69) is 5.32 Å². The van der Waals surface area contributed by atoms with Crippen molar-refractivity contribution >= 4 is 16.5 Å². The minimum Gasteiger partial charge on any atom is -0.497 e. The SMILES string of the molecule is COc1ccc(N[C@@H](c2ccc(OC)cc2)[C@@H]2Oc3ccccc3S2=O)cc1. The highest BCUT2D eigenvalue weighted by atomic mass is 32.2. The fraction of sp³-hybridized carbons (Fsp3) is 0.182. The Bertz CT molecular complexity index is 973. The summed E-state index contributed by atoms with van der Waals surface area (Å²) < 4.78 is 29.7. The largest absolute Gasteiger partial charge is 0.497 e. The van der Waals surface area contributed by atoms with Gasteiger partial charge in [0.15, 0.2) is 0 Å². The van der Waals surface area contributed by atoms with Gasteiger partial charge in [-0.3, -0.25) is 4.21 Å². The fourth-order valence-corrected chi connectivity index (χ4v) is 4.63. The van der Waals surface area contributed by atoms with E-state index in [1.807, 2.05) is 72.8 Å². The van der Waals surface area contributed by atoms with Gasteiger partial charge in [-0.05, 0) is 54.1 Å². The summed E-state index contributed by atoms with van der Waals surface area (Å²) >= 11 is 0. The first kappa shape index (κ1) is 18.4. The number of hydrogen-bond acceptors (Lipinski definition) is 5. The molecule has 0 saturated carbocycles. The molecule has 1 aliphatic rings. The van der Waals surface area contributed by atoms with E-state index in [9.17, 15) is 4.21 Å². The first-order valence-corrected chi connectivity index (χ1v) is 10.1. The van der Waals surface area contributed by atoms with Gasteiger partial charge >= 0.3 is 0 Å². The number of nitrogens with one attached hydrogen (secondary N) is 1. The normalized spacial score (nSPS) is 18.6. The molecule has 3 atom stereocenters. The summed E-state index contributed by atoms with van der Waals surface area (Å²) in [4.78, 5) is 0.725. The van der Waals surface area contributed by atoms with Crippen LogP contribution in [0.3, 0.4) is 0 Å². The molecule has 1 heterocycles. The van der Waals surface area contributed by atoms with Crippen LogP contribution in [0.5, 0.6) is 17.2 Å². The number of rotatable bonds is 6. The molecule has 3 aromatic carbocycles. The molecule has 4 rings (SSSR count). The van der Waals surface area contributed by atoms with E-state index in [4.69, 9.17) is 14.2 Å². The molecule has 5 nitrogen and oxygen atoms in total. The van der Waals surface area contributed by atoms with Crippen molar-refractivity contribution in [1.82, 2.24) is 0 Å². The third-order valence-electron chi connectivity index (χ3n) is 4.68. The minimum atomic E-state index is -1.29. The molecule has 0 saturated heterocycles. The molecule has 0 fully saturated rings. The Morgan fingerprint density at radius 3 is 2.11 bits per heavy atom. The summed E-state index contributed by atoms with van der Waals surface area (Å²) in [6, 6.07) is 22.5. The lowest BCUT2D eigenvalue weighted by Crippen LogP contribution is -2.31. The van der Waals surface area contributed by atoms with Crippen molar-refractivity contribution in [3.63, 3.8) is 0 Å². The van der Waals surface area contributed by atoms with Gasteiger partial charge < -0.3 is 19.5 Å². The number of para-hydroxylation sites is 1. The molecule has 1 aliphatic heterocycles. The van der Waals surface area contributed by atoms with Gasteiger partial charge in [-0.2, -0.15) is 0 Å². The molecular formula is C22H21NO4S. The molecule has 1 unspecified atom stereocenters. The second kappa shape index (κ2) is 7.94. The van der Waals surface area contributed by atoms with E-state index >= 15 is 0 Å². The van der Waals surface area contributed by atoms with Crippen molar-refractivity contribution in [3.05, 3.63) is 78.4 Å². The Hall–Kier alpha value is -2.99. The van der Waals surface area contributed by atoms with Crippen molar-refractivity contribution in [2.75, 3.05) is 19.5 Å². The molecular weight excluding hydrogens is 374 g/mol. The lowest BCUT2D eigenvalue weighted by atomic mass is 10.1. The van der Waals surface area contributed by atoms with Gasteiger partial charge in [0.2, 0.25) is 5.44 Å². The zero-order valence-corrected chi connectivity index (χ0v) is 16.4. The summed E-state index contributed by atoms with van der Waals surface area (Å²) in [5.74, 6) is 2.21. The average molecular weight is 395 g/mol. The zero-order chi connectivity index (χ0) is 19.5. The number of fused-ring (bicyclic) bond motifs is 1. The van der Waals surface area contributed by atoms with Gasteiger partial charge in [0.25, 0.3) is 0 Å². The van der Waals surface area contributed by atoms with Crippen LogP contribution in [0, 0.1) is 0 Å². The standard InChI is InChI=1S/C22H21NO4S/c1-25-17-11-7-15(8-12-17)21(23-16-9-13-18(26-2)14-10-16)22-27-19-5-3-4-6-20(19)28(22)24/h3-14,21-23H,1-2H3/t21-,22+,28?/m0/s1. The quantitative estimate of drug-likeness (QED) is 0.671. The highest BCUT2D eigenvalue weighted by Gasteiger charge is 2.38. The van der Waals surface area contributed by atoms with Crippen LogP contribution >= 0.6 is 0 Å². The molecule has 0 bridgehead atoms. The Labute approximate surface area is 166 Å². The van der Waals surface area contributed by atoms with E-state index in [0.717, 1.165) is 27.6 Å². The second-order valence-corrected chi connectivity index (χ2v) is 7.85. The van der Waals surface area contributed by atoms with Gasteiger partial charge in [0, 0.05) is 5.69 Å². The van der Waals surface area contributed by atoms with Crippen LogP contribution in [0.2, 0.25) is 0 Å².